The van der Waals surface area contributed by atoms with Crippen LogP contribution in [0, 0.1) is 0 Å². The topological polar surface area (TPSA) is 101 Å². The lowest BCUT2D eigenvalue weighted by Gasteiger charge is -2.23. The zero-order valence-electron chi connectivity index (χ0n) is 14.9. The summed E-state index contributed by atoms with van der Waals surface area (Å²) in [5, 5.41) is 0.718. The summed E-state index contributed by atoms with van der Waals surface area (Å²) in [6, 6.07) is 5.58. The standard InChI is InChI=1S/C18H20N6O2S/c1-23(11-16-20-6-4-15(19)22-16)12-5-7-24(10-12)18(25)14-9-21-17(27-14)13-3-2-8-26-13/h2-4,6,8-9,12H,5,7,10-11H2,1H3,(H2,19,20,22)/t12-/m0/s1. The van der Waals surface area contributed by atoms with Gasteiger partial charge in [-0.15, -0.1) is 11.3 Å². The first kappa shape index (κ1) is 17.6. The molecule has 1 aliphatic heterocycles. The summed E-state index contributed by atoms with van der Waals surface area (Å²) in [6.45, 7) is 1.99. The van der Waals surface area contributed by atoms with E-state index in [-0.39, 0.29) is 11.9 Å². The fourth-order valence-corrected chi connectivity index (χ4v) is 4.02. The number of anilines is 1. The number of furan rings is 1. The molecule has 0 aliphatic carbocycles. The molecule has 0 aromatic carbocycles. The number of hydrogen-bond donors (Lipinski definition) is 1. The van der Waals surface area contributed by atoms with E-state index in [9.17, 15) is 4.79 Å². The number of nitrogen functional groups attached to an aromatic ring is 1. The second-order valence-corrected chi connectivity index (χ2v) is 7.54. The number of thiazole rings is 1. The van der Waals surface area contributed by atoms with Crippen LogP contribution in [0.25, 0.3) is 10.8 Å². The fourth-order valence-electron chi connectivity index (χ4n) is 3.17. The van der Waals surface area contributed by atoms with Gasteiger partial charge >= 0.3 is 0 Å². The molecule has 0 unspecified atom stereocenters. The van der Waals surface area contributed by atoms with Gasteiger partial charge in [-0.1, -0.05) is 0 Å². The van der Waals surface area contributed by atoms with E-state index in [1.54, 1.807) is 24.7 Å². The first-order valence-electron chi connectivity index (χ1n) is 8.67. The molecule has 0 bridgehead atoms. The van der Waals surface area contributed by atoms with Gasteiger partial charge in [-0.2, -0.15) is 0 Å². The lowest BCUT2D eigenvalue weighted by Crippen LogP contribution is -2.36. The summed E-state index contributed by atoms with van der Waals surface area (Å²) in [4.78, 5) is 30.3. The Morgan fingerprint density at radius 1 is 1.44 bits per heavy atom. The highest BCUT2D eigenvalue weighted by molar-refractivity contribution is 7.16. The first-order valence-corrected chi connectivity index (χ1v) is 9.48. The quantitative estimate of drug-likeness (QED) is 0.719. The molecule has 4 heterocycles. The van der Waals surface area contributed by atoms with Gasteiger partial charge in [0.15, 0.2) is 10.8 Å². The smallest absolute Gasteiger partial charge is 0.265 e. The van der Waals surface area contributed by atoms with Crippen LogP contribution in [-0.2, 0) is 6.54 Å². The molecule has 9 heteroatoms. The summed E-state index contributed by atoms with van der Waals surface area (Å²) >= 11 is 1.36. The molecule has 4 rings (SSSR count). The number of hydrogen-bond acceptors (Lipinski definition) is 8. The van der Waals surface area contributed by atoms with Crippen molar-refractivity contribution in [3.63, 3.8) is 0 Å². The Morgan fingerprint density at radius 2 is 2.33 bits per heavy atom. The highest BCUT2D eigenvalue weighted by atomic mass is 32.1. The van der Waals surface area contributed by atoms with Crippen molar-refractivity contribution in [3.05, 3.63) is 47.6 Å². The maximum Gasteiger partial charge on any atom is 0.265 e. The Labute approximate surface area is 160 Å². The minimum Gasteiger partial charge on any atom is -0.462 e. The van der Waals surface area contributed by atoms with Crippen LogP contribution in [0.15, 0.2) is 41.3 Å². The number of likely N-dealkylation sites (tertiary alicyclic amines) is 1. The summed E-state index contributed by atoms with van der Waals surface area (Å²) in [5.74, 6) is 1.85. The summed E-state index contributed by atoms with van der Waals surface area (Å²) in [6.07, 6.45) is 5.80. The molecular formula is C18H20N6O2S. The van der Waals surface area contributed by atoms with Crippen LogP contribution < -0.4 is 5.73 Å². The van der Waals surface area contributed by atoms with Gasteiger partial charge in [-0.25, -0.2) is 15.0 Å². The van der Waals surface area contributed by atoms with Crippen LogP contribution in [-0.4, -0.2) is 56.8 Å². The van der Waals surface area contributed by atoms with Gasteiger partial charge < -0.3 is 15.1 Å². The summed E-state index contributed by atoms with van der Waals surface area (Å²) < 4.78 is 5.35. The van der Waals surface area contributed by atoms with Crippen LogP contribution >= 0.6 is 11.3 Å². The van der Waals surface area contributed by atoms with E-state index in [0.29, 0.717) is 35.4 Å². The fraction of sp³-hybridized carbons (Fsp3) is 0.333. The molecule has 0 spiro atoms. The van der Waals surface area contributed by atoms with E-state index in [2.05, 4.69) is 19.9 Å². The highest BCUT2D eigenvalue weighted by Gasteiger charge is 2.30. The van der Waals surface area contributed by atoms with E-state index in [0.717, 1.165) is 18.0 Å². The highest BCUT2D eigenvalue weighted by Crippen LogP contribution is 2.27. The van der Waals surface area contributed by atoms with Crippen LogP contribution in [0.1, 0.15) is 21.9 Å². The predicted octanol–water partition coefficient (Wildman–Crippen LogP) is 2.12. The number of nitrogens with two attached hydrogens (primary N) is 1. The van der Waals surface area contributed by atoms with Crippen molar-refractivity contribution in [2.75, 3.05) is 25.9 Å². The molecule has 1 saturated heterocycles. The van der Waals surface area contributed by atoms with Crippen molar-refractivity contribution >= 4 is 23.1 Å². The second kappa shape index (κ2) is 7.45. The third-order valence-electron chi connectivity index (χ3n) is 4.64. The second-order valence-electron chi connectivity index (χ2n) is 6.51. The average Bonchev–Trinajstić information content (AvgIpc) is 3.41. The Balaban J connectivity index is 1.38. The molecule has 2 N–H and O–H groups in total. The van der Waals surface area contributed by atoms with Gasteiger partial charge in [0.1, 0.15) is 16.5 Å². The lowest BCUT2D eigenvalue weighted by molar-refractivity contribution is 0.0784. The van der Waals surface area contributed by atoms with Crippen LogP contribution in [0.3, 0.4) is 0 Å². The molecule has 1 atom stereocenters. The normalized spacial score (nSPS) is 17.0. The van der Waals surface area contributed by atoms with Crippen LogP contribution in [0.5, 0.6) is 0 Å². The average molecular weight is 384 g/mol. The van der Waals surface area contributed by atoms with Gasteiger partial charge in [0.05, 0.1) is 19.0 Å². The number of carbonyl (C=O) groups is 1. The van der Waals surface area contributed by atoms with Gasteiger partial charge in [0.25, 0.3) is 5.91 Å². The number of likely N-dealkylation sites (N-methyl/N-ethyl adjacent to an activating group) is 1. The largest absolute Gasteiger partial charge is 0.462 e. The van der Waals surface area contributed by atoms with E-state index in [4.69, 9.17) is 10.2 Å². The van der Waals surface area contributed by atoms with Gasteiger partial charge in [-0.3, -0.25) is 9.69 Å². The van der Waals surface area contributed by atoms with Crippen molar-refractivity contribution in [3.8, 4) is 10.8 Å². The predicted molar refractivity (Wildman–Crippen MR) is 102 cm³/mol. The zero-order chi connectivity index (χ0) is 18.8. The van der Waals surface area contributed by atoms with E-state index < -0.39 is 0 Å². The minimum absolute atomic E-state index is 0.0152. The van der Waals surface area contributed by atoms with Gasteiger partial charge in [-0.05, 0) is 31.7 Å². The van der Waals surface area contributed by atoms with Crippen molar-refractivity contribution < 1.29 is 9.21 Å². The van der Waals surface area contributed by atoms with Crippen molar-refractivity contribution in [1.82, 2.24) is 24.8 Å². The Bertz CT molecular complexity index is 926. The van der Waals surface area contributed by atoms with Crippen LogP contribution in [0.2, 0.25) is 0 Å². The van der Waals surface area contributed by atoms with Crippen LogP contribution in [0.4, 0.5) is 5.82 Å². The minimum atomic E-state index is 0.0152. The van der Waals surface area contributed by atoms with E-state index in [1.165, 1.54) is 11.3 Å². The summed E-state index contributed by atoms with van der Waals surface area (Å²) in [7, 11) is 2.02. The number of rotatable bonds is 5. The molecule has 27 heavy (non-hydrogen) atoms. The van der Waals surface area contributed by atoms with Gasteiger partial charge in [0, 0.05) is 25.3 Å². The maximum absolute atomic E-state index is 12.8. The molecule has 0 radical (unpaired) electrons. The number of aromatic nitrogens is 3. The molecule has 8 nitrogen and oxygen atoms in total. The monoisotopic (exact) mass is 384 g/mol. The SMILES string of the molecule is CN(Cc1nccc(N)n1)[C@H]1CCN(C(=O)c2cnc(-c3ccco3)s2)C1. The molecule has 140 valence electrons. The zero-order valence-corrected chi connectivity index (χ0v) is 15.7. The van der Waals surface area contributed by atoms with Gasteiger partial charge in [0.2, 0.25) is 0 Å². The molecule has 1 fully saturated rings. The molecule has 0 saturated carbocycles. The Kier molecular flexibility index (Phi) is 4.87. The lowest BCUT2D eigenvalue weighted by atomic mass is 10.2. The van der Waals surface area contributed by atoms with Crippen molar-refractivity contribution in [1.29, 1.82) is 0 Å². The first-order chi connectivity index (χ1) is 13.1. The third kappa shape index (κ3) is 3.83. The Morgan fingerprint density at radius 3 is 3.11 bits per heavy atom. The molecule has 1 amide bonds. The maximum atomic E-state index is 12.8. The Hall–Kier alpha value is -2.78. The number of nitrogens with zero attached hydrogens (tertiary/aromatic N) is 5. The molecule has 1 aliphatic rings. The van der Waals surface area contributed by atoms with Crippen molar-refractivity contribution in [2.45, 2.75) is 19.0 Å². The van der Waals surface area contributed by atoms with E-state index in [1.807, 2.05) is 24.1 Å². The molecular weight excluding hydrogens is 364 g/mol. The number of carbonyl (C=O) groups excluding carboxylic acids is 1. The number of amides is 1. The third-order valence-corrected chi connectivity index (χ3v) is 5.64. The molecule has 3 aromatic heterocycles. The van der Waals surface area contributed by atoms with Crippen molar-refractivity contribution in [2.24, 2.45) is 0 Å². The molecule has 3 aromatic rings. The van der Waals surface area contributed by atoms with E-state index >= 15 is 0 Å². The summed E-state index contributed by atoms with van der Waals surface area (Å²) in [5.41, 5.74) is 5.72.